The predicted octanol–water partition coefficient (Wildman–Crippen LogP) is 5.05. The maximum atomic E-state index is 2.65. The highest BCUT2D eigenvalue weighted by Crippen LogP contribution is 2.69. The molecule has 14 heavy (non-hydrogen) atoms. The predicted molar refractivity (Wildman–Crippen MR) is 73.0 cm³/mol. The molecule has 0 saturated heterocycles. The molecule has 1 heteroatoms. The lowest BCUT2D eigenvalue weighted by molar-refractivity contribution is -0.113. The van der Waals surface area contributed by atoms with Crippen LogP contribution in [0.1, 0.15) is 61.3 Å². The monoisotopic (exact) mass is 308 g/mol. The fraction of sp³-hybridized carbons (Fsp3) is 1.00. The first-order chi connectivity index (χ1) is 5.91. The van der Waals surface area contributed by atoms with Gasteiger partial charge in [0.05, 0.1) is 0 Å². The zero-order valence-electron chi connectivity index (χ0n) is 10.8. The molecule has 1 aliphatic carbocycles. The lowest BCUT2D eigenvalue weighted by atomic mass is 9.42. The molecule has 0 N–H and O–H groups in total. The van der Waals surface area contributed by atoms with Gasteiger partial charge in [0.1, 0.15) is 0 Å². The molecule has 0 radical (unpaired) electrons. The van der Waals surface area contributed by atoms with Crippen LogP contribution in [0, 0.1) is 16.2 Å². The maximum Gasteiger partial charge on any atom is 0.0227 e. The van der Waals surface area contributed by atoms with Crippen LogP contribution in [0.2, 0.25) is 0 Å². The summed E-state index contributed by atoms with van der Waals surface area (Å²) >= 11 is 2.65. The van der Waals surface area contributed by atoms with Crippen molar-refractivity contribution in [3.63, 3.8) is 0 Å². The van der Waals surface area contributed by atoms with Gasteiger partial charge in [-0.05, 0) is 29.1 Å². The van der Waals surface area contributed by atoms with Crippen LogP contribution in [-0.2, 0) is 0 Å². The molecule has 0 aromatic heterocycles. The second kappa shape index (κ2) is 3.11. The molecule has 1 fully saturated rings. The van der Waals surface area contributed by atoms with E-state index in [4.69, 9.17) is 0 Å². The van der Waals surface area contributed by atoms with Crippen molar-refractivity contribution in [3.8, 4) is 0 Å². The highest BCUT2D eigenvalue weighted by atomic mass is 127. The molecule has 0 spiro atoms. The van der Waals surface area contributed by atoms with Gasteiger partial charge in [-0.25, -0.2) is 0 Å². The lowest BCUT2D eigenvalue weighted by Gasteiger charge is -2.65. The van der Waals surface area contributed by atoms with Crippen LogP contribution in [0.5, 0.6) is 0 Å². The fourth-order valence-electron chi connectivity index (χ4n) is 3.42. The zero-order chi connectivity index (χ0) is 11.4. The molecule has 0 amide bonds. The Morgan fingerprint density at radius 2 is 1.29 bits per heavy atom. The lowest BCUT2D eigenvalue weighted by Crippen LogP contribution is -2.59. The first kappa shape index (κ1) is 12.8. The topological polar surface area (TPSA) is 0 Å². The normalized spacial score (nSPS) is 25.7. The average molecular weight is 308 g/mol. The molecular formula is C13H25I. The van der Waals surface area contributed by atoms with Crippen molar-refractivity contribution < 1.29 is 0 Å². The molecule has 1 aliphatic rings. The van der Waals surface area contributed by atoms with Gasteiger partial charge in [0.15, 0.2) is 0 Å². The Bertz CT molecular complexity index is 201. The Labute approximate surface area is 103 Å². The Hall–Kier alpha value is 0.730. The van der Waals surface area contributed by atoms with E-state index < -0.39 is 0 Å². The summed E-state index contributed by atoms with van der Waals surface area (Å²) in [6.45, 7) is 16.8. The van der Waals surface area contributed by atoms with E-state index in [9.17, 15) is 0 Å². The van der Waals surface area contributed by atoms with Crippen LogP contribution < -0.4 is 0 Å². The van der Waals surface area contributed by atoms with Crippen LogP contribution in [0.3, 0.4) is 0 Å². The summed E-state index contributed by atoms with van der Waals surface area (Å²) in [6.07, 6.45) is 2.75. The molecular weight excluding hydrogens is 283 g/mol. The highest BCUT2D eigenvalue weighted by Gasteiger charge is 2.61. The molecule has 0 bridgehead atoms. The Kier molecular flexibility index (Phi) is 2.85. The Balaban J connectivity index is 2.99. The summed E-state index contributed by atoms with van der Waals surface area (Å²) in [6, 6.07) is 0. The largest absolute Gasteiger partial charge is 0.0788 e. The minimum atomic E-state index is 0.401. The van der Waals surface area contributed by atoms with Crippen molar-refractivity contribution in [3.05, 3.63) is 0 Å². The summed E-state index contributed by atoms with van der Waals surface area (Å²) in [5.41, 5.74) is 1.51. The van der Waals surface area contributed by atoms with Crippen LogP contribution in [0.15, 0.2) is 0 Å². The number of halogens is 1. The van der Waals surface area contributed by atoms with Crippen molar-refractivity contribution in [2.75, 3.05) is 0 Å². The third-order valence-corrected chi connectivity index (χ3v) is 5.17. The third kappa shape index (κ3) is 1.85. The van der Waals surface area contributed by atoms with Crippen LogP contribution >= 0.6 is 22.6 Å². The van der Waals surface area contributed by atoms with Crippen molar-refractivity contribution in [1.82, 2.24) is 0 Å². The summed E-state index contributed by atoms with van der Waals surface area (Å²) in [4.78, 5) is 0. The highest BCUT2D eigenvalue weighted by molar-refractivity contribution is 14.1. The van der Waals surface area contributed by atoms with Gasteiger partial charge in [-0.3, -0.25) is 0 Å². The van der Waals surface area contributed by atoms with Crippen LogP contribution in [0.25, 0.3) is 0 Å². The minimum Gasteiger partial charge on any atom is -0.0788 e. The van der Waals surface area contributed by atoms with E-state index in [1.54, 1.807) is 0 Å². The van der Waals surface area contributed by atoms with E-state index in [1.165, 1.54) is 12.8 Å². The van der Waals surface area contributed by atoms with Gasteiger partial charge in [-0.2, -0.15) is 0 Å². The Morgan fingerprint density at radius 3 is 1.36 bits per heavy atom. The van der Waals surface area contributed by atoms with Gasteiger partial charge in [0, 0.05) is 3.42 Å². The van der Waals surface area contributed by atoms with Crippen molar-refractivity contribution in [2.45, 2.75) is 64.7 Å². The standard InChI is InChI=1S/C13H25I/c1-10(2,3)13(12(6,7)14)8-11(4,5)9-13/h8-9H2,1-7H3. The van der Waals surface area contributed by atoms with E-state index in [0.29, 0.717) is 19.7 Å². The van der Waals surface area contributed by atoms with Crippen molar-refractivity contribution in [1.29, 1.82) is 0 Å². The fourth-order valence-corrected chi connectivity index (χ4v) is 4.61. The first-order valence-electron chi connectivity index (χ1n) is 5.60. The maximum absolute atomic E-state index is 2.65. The first-order valence-corrected chi connectivity index (χ1v) is 6.68. The summed E-state index contributed by atoms with van der Waals surface area (Å²) in [7, 11) is 0. The second-order valence-electron chi connectivity index (χ2n) is 7.32. The van der Waals surface area contributed by atoms with E-state index in [-0.39, 0.29) is 0 Å². The quantitative estimate of drug-likeness (QED) is 0.469. The van der Waals surface area contributed by atoms with Crippen LogP contribution in [0.4, 0.5) is 0 Å². The van der Waals surface area contributed by atoms with E-state index in [1.807, 2.05) is 0 Å². The van der Waals surface area contributed by atoms with E-state index in [2.05, 4.69) is 71.1 Å². The summed E-state index contributed by atoms with van der Waals surface area (Å²) < 4.78 is 0.401. The number of alkyl halides is 1. The van der Waals surface area contributed by atoms with Gasteiger partial charge < -0.3 is 0 Å². The smallest absolute Gasteiger partial charge is 0.0227 e. The van der Waals surface area contributed by atoms with E-state index in [0.717, 1.165) is 0 Å². The zero-order valence-corrected chi connectivity index (χ0v) is 12.9. The molecule has 0 atom stereocenters. The number of hydrogen-bond acceptors (Lipinski definition) is 0. The molecule has 0 aromatic carbocycles. The SMILES string of the molecule is CC1(C)CC(C(C)(C)C)(C(C)(C)I)C1. The van der Waals surface area contributed by atoms with Gasteiger partial charge in [-0.15, -0.1) is 0 Å². The molecule has 1 saturated carbocycles. The average Bonchev–Trinajstić information content (AvgIpc) is 1.75. The minimum absolute atomic E-state index is 0.401. The molecule has 0 aromatic rings. The molecule has 84 valence electrons. The van der Waals surface area contributed by atoms with Gasteiger partial charge in [0.2, 0.25) is 0 Å². The molecule has 0 heterocycles. The van der Waals surface area contributed by atoms with Crippen molar-refractivity contribution >= 4 is 22.6 Å². The third-order valence-electron chi connectivity index (χ3n) is 4.13. The second-order valence-corrected chi connectivity index (χ2v) is 10.0. The summed E-state index contributed by atoms with van der Waals surface area (Å²) in [5.74, 6) is 0. The molecule has 0 nitrogen and oxygen atoms in total. The number of hydrogen-bond donors (Lipinski definition) is 0. The van der Waals surface area contributed by atoms with Crippen LogP contribution in [-0.4, -0.2) is 3.42 Å². The summed E-state index contributed by atoms with van der Waals surface area (Å²) in [5, 5.41) is 0. The van der Waals surface area contributed by atoms with Gasteiger partial charge in [-0.1, -0.05) is 71.1 Å². The molecule has 1 rings (SSSR count). The van der Waals surface area contributed by atoms with Gasteiger partial charge in [0.25, 0.3) is 0 Å². The molecule has 0 aliphatic heterocycles. The van der Waals surface area contributed by atoms with E-state index >= 15 is 0 Å². The molecule has 0 unspecified atom stereocenters. The van der Waals surface area contributed by atoms with Crippen molar-refractivity contribution in [2.24, 2.45) is 16.2 Å². The number of rotatable bonds is 1. The Morgan fingerprint density at radius 1 is 0.929 bits per heavy atom. The van der Waals surface area contributed by atoms with Gasteiger partial charge >= 0.3 is 0 Å².